The predicted octanol–water partition coefficient (Wildman–Crippen LogP) is 4.53. The lowest BCUT2D eigenvalue weighted by Crippen LogP contribution is -2.36. The molecule has 1 aromatic heterocycles. The molecule has 0 aromatic carbocycles. The number of halogens is 4. The third-order valence-corrected chi connectivity index (χ3v) is 3.57. The van der Waals surface area contributed by atoms with Crippen molar-refractivity contribution in [2.24, 2.45) is 0 Å². The number of hydrogen-bond acceptors (Lipinski definition) is 3. The molecule has 0 aliphatic carbocycles. The Hall–Kier alpha value is -1.04. The Kier molecular flexibility index (Phi) is 5.01. The number of nitrogens with one attached hydrogen (secondary N) is 1. The first-order valence-electron chi connectivity index (χ1n) is 6.16. The van der Waals surface area contributed by atoms with Gasteiger partial charge in [0.15, 0.2) is 0 Å². The molecule has 108 valence electrons. The van der Waals surface area contributed by atoms with E-state index < -0.39 is 12.0 Å². The third-order valence-electron chi connectivity index (χ3n) is 3.37. The van der Waals surface area contributed by atoms with Crippen LogP contribution in [0.25, 0.3) is 0 Å². The summed E-state index contributed by atoms with van der Waals surface area (Å²) in [5, 5.41) is 2.84. The summed E-state index contributed by atoms with van der Waals surface area (Å²) >= 11 is 5.62. The fraction of sp³-hybridized carbons (Fsp3) is 0.667. The second kappa shape index (κ2) is 5.94. The summed E-state index contributed by atoms with van der Waals surface area (Å²) in [6.07, 6.45) is -2.26. The lowest BCUT2D eigenvalue weighted by molar-refractivity contribution is -0.144. The number of alkyl halides is 3. The molecule has 0 spiro atoms. The highest BCUT2D eigenvalue weighted by atomic mass is 35.5. The highest BCUT2D eigenvalue weighted by Crippen LogP contribution is 2.30. The van der Waals surface area contributed by atoms with E-state index in [0.29, 0.717) is 0 Å². The van der Waals surface area contributed by atoms with E-state index in [1.165, 1.54) is 6.07 Å². The van der Waals surface area contributed by atoms with Crippen molar-refractivity contribution < 1.29 is 13.2 Å². The van der Waals surface area contributed by atoms with Gasteiger partial charge in [-0.15, -0.1) is 0 Å². The van der Waals surface area contributed by atoms with Crippen LogP contribution in [0.2, 0.25) is 5.15 Å². The van der Waals surface area contributed by atoms with Gasteiger partial charge in [-0.25, -0.2) is 9.97 Å². The van der Waals surface area contributed by atoms with E-state index in [-0.39, 0.29) is 16.5 Å². The Morgan fingerprint density at radius 2 is 1.63 bits per heavy atom. The SMILES string of the molecule is CCC(CC)(CC)Nc1cc(Cl)nc(C(F)(F)F)n1. The summed E-state index contributed by atoms with van der Waals surface area (Å²) in [6.45, 7) is 5.94. The van der Waals surface area contributed by atoms with Crippen LogP contribution in [0.5, 0.6) is 0 Å². The van der Waals surface area contributed by atoms with E-state index in [1.807, 2.05) is 20.8 Å². The van der Waals surface area contributed by atoms with E-state index in [2.05, 4.69) is 15.3 Å². The summed E-state index contributed by atoms with van der Waals surface area (Å²) in [4.78, 5) is 6.70. The molecule has 0 radical (unpaired) electrons. The van der Waals surface area contributed by atoms with Gasteiger partial charge in [0.25, 0.3) is 0 Å². The van der Waals surface area contributed by atoms with Gasteiger partial charge in [0.2, 0.25) is 5.82 Å². The molecule has 0 aliphatic heterocycles. The molecule has 0 bridgehead atoms. The molecule has 3 nitrogen and oxygen atoms in total. The molecule has 1 aromatic rings. The van der Waals surface area contributed by atoms with Gasteiger partial charge in [-0.1, -0.05) is 32.4 Å². The molecule has 0 saturated heterocycles. The minimum absolute atomic E-state index is 0.109. The maximum absolute atomic E-state index is 12.6. The number of aromatic nitrogens is 2. The zero-order chi connectivity index (χ0) is 14.7. The highest BCUT2D eigenvalue weighted by molar-refractivity contribution is 6.29. The summed E-state index contributed by atoms with van der Waals surface area (Å²) in [5.41, 5.74) is -0.277. The van der Waals surface area contributed by atoms with Crippen LogP contribution in [0.4, 0.5) is 19.0 Å². The van der Waals surface area contributed by atoms with Gasteiger partial charge < -0.3 is 5.32 Å². The smallest absolute Gasteiger partial charge is 0.365 e. The molecule has 0 saturated carbocycles. The van der Waals surface area contributed by atoms with Gasteiger partial charge in [-0.05, 0) is 19.3 Å². The molecule has 1 heterocycles. The average molecular weight is 296 g/mol. The van der Waals surface area contributed by atoms with Gasteiger partial charge in [-0.3, -0.25) is 0 Å². The second-order valence-corrected chi connectivity index (χ2v) is 4.75. The van der Waals surface area contributed by atoms with Crippen LogP contribution in [-0.2, 0) is 6.18 Å². The van der Waals surface area contributed by atoms with E-state index in [4.69, 9.17) is 11.6 Å². The number of nitrogens with zero attached hydrogens (tertiary/aromatic N) is 2. The summed E-state index contributed by atoms with van der Waals surface area (Å²) in [7, 11) is 0. The molecule has 1 N–H and O–H groups in total. The van der Waals surface area contributed by atoms with Crippen LogP contribution in [0.1, 0.15) is 45.9 Å². The maximum Gasteiger partial charge on any atom is 0.451 e. The molecule has 1 rings (SSSR count). The van der Waals surface area contributed by atoms with E-state index in [0.717, 1.165) is 19.3 Å². The minimum Gasteiger partial charge on any atom is -0.365 e. The summed E-state index contributed by atoms with van der Waals surface area (Å²) in [6, 6.07) is 1.31. The highest BCUT2D eigenvalue weighted by Gasteiger charge is 2.36. The van der Waals surface area contributed by atoms with Gasteiger partial charge in [0.05, 0.1) is 0 Å². The van der Waals surface area contributed by atoms with Crippen LogP contribution in [-0.4, -0.2) is 15.5 Å². The van der Waals surface area contributed by atoms with Crippen molar-refractivity contribution in [1.29, 1.82) is 0 Å². The van der Waals surface area contributed by atoms with Crippen molar-refractivity contribution in [3.8, 4) is 0 Å². The standard InChI is InChI=1S/C12H17ClF3N3/c1-4-11(5-2,6-3)19-9-7-8(13)17-10(18-9)12(14,15)16/h7H,4-6H2,1-3H3,(H,17,18,19). The first-order valence-corrected chi connectivity index (χ1v) is 6.54. The van der Waals surface area contributed by atoms with E-state index in [1.54, 1.807) is 0 Å². The third kappa shape index (κ3) is 3.96. The van der Waals surface area contributed by atoms with Gasteiger partial charge in [0, 0.05) is 11.6 Å². The second-order valence-electron chi connectivity index (χ2n) is 4.36. The van der Waals surface area contributed by atoms with E-state index in [9.17, 15) is 13.2 Å². The van der Waals surface area contributed by atoms with E-state index >= 15 is 0 Å². The monoisotopic (exact) mass is 295 g/mol. The molecule has 19 heavy (non-hydrogen) atoms. The predicted molar refractivity (Wildman–Crippen MR) is 69.3 cm³/mol. The largest absolute Gasteiger partial charge is 0.451 e. The zero-order valence-corrected chi connectivity index (χ0v) is 11.9. The zero-order valence-electron chi connectivity index (χ0n) is 11.1. The topological polar surface area (TPSA) is 37.8 Å². The molecular formula is C12H17ClF3N3. The maximum atomic E-state index is 12.6. The quantitative estimate of drug-likeness (QED) is 0.811. The molecule has 0 fully saturated rings. The Bertz CT molecular complexity index is 422. The summed E-state index contributed by atoms with van der Waals surface area (Å²) in [5.74, 6) is -1.11. The lowest BCUT2D eigenvalue weighted by Gasteiger charge is -2.32. The van der Waals surface area contributed by atoms with Crippen LogP contribution >= 0.6 is 11.6 Å². The van der Waals surface area contributed by atoms with Gasteiger partial charge in [0.1, 0.15) is 11.0 Å². The van der Waals surface area contributed by atoms with Crippen molar-refractivity contribution in [2.45, 2.75) is 51.7 Å². The van der Waals surface area contributed by atoms with Crippen molar-refractivity contribution in [1.82, 2.24) is 9.97 Å². The van der Waals surface area contributed by atoms with Gasteiger partial charge >= 0.3 is 6.18 Å². The first kappa shape index (κ1) is 16.0. The molecule has 0 unspecified atom stereocenters. The fourth-order valence-electron chi connectivity index (χ4n) is 1.90. The lowest BCUT2D eigenvalue weighted by atomic mass is 9.90. The van der Waals surface area contributed by atoms with Crippen LogP contribution in [0.15, 0.2) is 6.07 Å². The normalized spacial score (nSPS) is 12.6. The van der Waals surface area contributed by atoms with Crippen LogP contribution < -0.4 is 5.32 Å². The van der Waals surface area contributed by atoms with Crippen LogP contribution in [0.3, 0.4) is 0 Å². The Balaban J connectivity index is 3.11. The molecule has 0 aliphatic rings. The van der Waals surface area contributed by atoms with Gasteiger partial charge in [-0.2, -0.15) is 13.2 Å². The Morgan fingerprint density at radius 3 is 2.05 bits per heavy atom. The Labute approximate surface area is 115 Å². The molecular weight excluding hydrogens is 279 g/mol. The minimum atomic E-state index is -4.60. The number of anilines is 1. The fourth-order valence-corrected chi connectivity index (χ4v) is 2.08. The van der Waals surface area contributed by atoms with Crippen molar-refractivity contribution in [3.05, 3.63) is 17.0 Å². The molecule has 7 heteroatoms. The average Bonchev–Trinajstić information content (AvgIpc) is 2.34. The van der Waals surface area contributed by atoms with Crippen molar-refractivity contribution >= 4 is 17.4 Å². The van der Waals surface area contributed by atoms with Crippen molar-refractivity contribution in [2.75, 3.05) is 5.32 Å². The molecule has 0 amide bonds. The Morgan fingerprint density at radius 1 is 1.11 bits per heavy atom. The summed E-state index contributed by atoms with van der Waals surface area (Å²) < 4.78 is 37.8. The molecule has 0 atom stereocenters. The number of hydrogen-bond donors (Lipinski definition) is 1. The number of rotatable bonds is 5. The first-order chi connectivity index (χ1) is 8.76. The van der Waals surface area contributed by atoms with Crippen molar-refractivity contribution in [3.63, 3.8) is 0 Å². The van der Waals surface area contributed by atoms with Crippen LogP contribution in [0, 0.1) is 0 Å².